The van der Waals surface area contributed by atoms with Gasteiger partial charge in [-0.15, -0.1) is 0 Å². The second kappa shape index (κ2) is 13.9. The van der Waals surface area contributed by atoms with Crippen LogP contribution in [0.25, 0.3) is 0 Å². The van der Waals surface area contributed by atoms with Crippen LogP contribution in [0.15, 0.2) is 0 Å². The first-order chi connectivity index (χ1) is 11.9. The van der Waals surface area contributed by atoms with Crippen molar-refractivity contribution in [3.8, 4) is 0 Å². The summed E-state index contributed by atoms with van der Waals surface area (Å²) in [5.41, 5.74) is -1.07. The van der Waals surface area contributed by atoms with Crippen LogP contribution in [0.1, 0.15) is 68.7 Å². The standard InChI is InChI=1S/C9H16O3.C7H12O3.C3H6O2/c1-7(10)5-6-12-8(11)9(2,3)4;1-5(8)10-6(9)7(2,3)4;1-3(4)5-2/h5-6H2,1-4H3;1-4H3;1-2H3. The molecule has 0 aromatic rings. The van der Waals surface area contributed by atoms with E-state index in [1.807, 2.05) is 0 Å². The average Bonchev–Trinajstić information content (AvgIpc) is 2.45. The molecule has 0 rings (SSSR count). The summed E-state index contributed by atoms with van der Waals surface area (Å²) in [5.74, 6) is -1.51. The van der Waals surface area contributed by atoms with Crippen LogP contribution in [0.3, 0.4) is 0 Å². The molecule has 0 fully saturated rings. The Balaban J connectivity index is -0.000000347. The second-order valence-corrected chi connectivity index (χ2v) is 7.66. The quantitative estimate of drug-likeness (QED) is 0.411. The number of esters is 4. The number of ketones is 1. The zero-order valence-electron chi connectivity index (χ0n) is 18.2. The van der Waals surface area contributed by atoms with E-state index in [0.29, 0.717) is 6.42 Å². The summed E-state index contributed by atoms with van der Waals surface area (Å²) in [6.07, 6.45) is 0.307. The van der Waals surface area contributed by atoms with Crippen LogP contribution in [0.5, 0.6) is 0 Å². The maximum atomic E-state index is 11.1. The predicted molar refractivity (Wildman–Crippen MR) is 99.6 cm³/mol. The summed E-state index contributed by atoms with van der Waals surface area (Å²) in [4.78, 5) is 52.3. The lowest BCUT2D eigenvalue weighted by molar-refractivity contribution is -0.164. The van der Waals surface area contributed by atoms with Gasteiger partial charge in [0.25, 0.3) is 0 Å². The molecular weight excluding hydrogens is 356 g/mol. The molecule has 0 heterocycles. The molecule has 0 aromatic heterocycles. The van der Waals surface area contributed by atoms with Gasteiger partial charge in [-0.2, -0.15) is 0 Å². The molecule has 0 atom stereocenters. The summed E-state index contributed by atoms with van der Waals surface area (Å²) in [6.45, 7) is 14.7. The first kappa shape index (κ1) is 29.5. The van der Waals surface area contributed by atoms with Crippen LogP contribution in [0, 0.1) is 10.8 Å². The molecule has 0 N–H and O–H groups in total. The van der Waals surface area contributed by atoms with E-state index in [1.54, 1.807) is 41.5 Å². The Morgan fingerprint density at radius 1 is 0.704 bits per heavy atom. The van der Waals surface area contributed by atoms with Crippen molar-refractivity contribution in [1.82, 2.24) is 0 Å². The van der Waals surface area contributed by atoms with Crippen molar-refractivity contribution in [3.05, 3.63) is 0 Å². The largest absolute Gasteiger partial charge is 0.469 e. The topological polar surface area (TPSA) is 113 Å². The van der Waals surface area contributed by atoms with E-state index < -0.39 is 22.8 Å². The van der Waals surface area contributed by atoms with Gasteiger partial charge in [0.05, 0.1) is 24.5 Å². The molecule has 27 heavy (non-hydrogen) atoms. The molecule has 0 saturated heterocycles. The molecule has 0 aromatic carbocycles. The molecule has 158 valence electrons. The van der Waals surface area contributed by atoms with Crippen molar-refractivity contribution in [2.45, 2.75) is 68.7 Å². The molecule has 0 aliphatic heterocycles. The minimum Gasteiger partial charge on any atom is -0.469 e. The van der Waals surface area contributed by atoms with E-state index in [4.69, 9.17) is 4.74 Å². The van der Waals surface area contributed by atoms with Gasteiger partial charge in [0.2, 0.25) is 0 Å². The SMILES string of the molecule is CC(=O)CCOC(=O)C(C)(C)C.CC(=O)OC(=O)C(C)(C)C.COC(C)=O. The number of methoxy groups -OCH3 is 1. The van der Waals surface area contributed by atoms with Crippen LogP contribution in [0.4, 0.5) is 0 Å². The van der Waals surface area contributed by atoms with Gasteiger partial charge in [-0.25, -0.2) is 0 Å². The first-order valence-corrected chi connectivity index (χ1v) is 8.39. The lowest BCUT2D eigenvalue weighted by atomic mass is 9.97. The van der Waals surface area contributed by atoms with Gasteiger partial charge in [-0.05, 0) is 48.5 Å². The van der Waals surface area contributed by atoms with Crippen molar-refractivity contribution in [2.24, 2.45) is 10.8 Å². The third-order valence-electron chi connectivity index (χ3n) is 2.44. The fourth-order valence-electron chi connectivity index (χ4n) is 0.788. The van der Waals surface area contributed by atoms with E-state index in [-0.39, 0.29) is 24.3 Å². The third kappa shape index (κ3) is 23.8. The molecular formula is C19H34O8. The van der Waals surface area contributed by atoms with E-state index >= 15 is 0 Å². The minimum absolute atomic E-state index is 0.0386. The second-order valence-electron chi connectivity index (χ2n) is 7.66. The van der Waals surface area contributed by atoms with Gasteiger partial charge >= 0.3 is 23.9 Å². The molecule has 0 spiro atoms. The maximum Gasteiger partial charge on any atom is 0.318 e. The van der Waals surface area contributed by atoms with Gasteiger partial charge in [0.15, 0.2) is 0 Å². The van der Waals surface area contributed by atoms with E-state index in [9.17, 15) is 24.0 Å². The predicted octanol–water partition coefficient (Wildman–Crippen LogP) is 2.86. The zero-order chi connectivity index (χ0) is 22.4. The Bertz CT molecular complexity index is 507. The number of rotatable bonds is 3. The Morgan fingerprint density at radius 3 is 1.26 bits per heavy atom. The number of Topliss-reactive ketones (excluding diaryl/α,β-unsaturated/α-hetero) is 1. The van der Waals surface area contributed by atoms with Crippen molar-refractivity contribution < 1.29 is 38.2 Å². The third-order valence-corrected chi connectivity index (χ3v) is 2.44. The Kier molecular flexibility index (Phi) is 15.2. The summed E-state index contributed by atoms with van der Waals surface area (Å²) in [7, 11) is 1.35. The Morgan fingerprint density at radius 2 is 1.07 bits per heavy atom. The molecule has 8 nitrogen and oxygen atoms in total. The van der Waals surface area contributed by atoms with Crippen LogP contribution in [-0.4, -0.2) is 43.4 Å². The summed E-state index contributed by atoms with van der Waals surface area (Å²) in [6, 6.07) is 0. The van der Waals surface area contributed by atoms with Crippen LogP contribution < -0.4 is 0 Å². The van der Waals surface area contributed by atoms with Crippen molar-refractivity contribution >= 4 is 29.7 Å². The van der Waals surface area contributed by atoms with Crippen LogP contribution in [-0.2, 0) is 38.2 Å². The Labute approximate surface area is 161 Å². The minimum atomic E-state index is -0.592. The molecule has 0 amide bonds. The number of carbonyl (C=O) groups excluding carboxylic acids is 5. The van der Waals surface area contributed by atoms with Crippen molar-refractivity contribution in [3.63, 3.8) is 0 Å². The smallest absolute Gasteiger partial charge is 0.318 e. The molecule has 0 saturated carbocycles. The lowest BCUT2D eigenvalue weighted by Gasteiger charge is -2.15. The molecule has 8 heteroatoms. The lowest BCUT2D eigenvalue weighted by Crippen LogP contribution is -2.24. The zero-order valence-corrected chi connectivity index (χ0v) is 18.2. The highest BCUT2D eigenvalue weighted by atomic mass is 16.6. The normalized spacial score (nSPS) is 10.1. The molecule has 0 aliphatic rings. The number of carbonyl (C=O) groups is 5. The van der Waals surface area contributed by atoms with Crippen LogP contribution in [0.2, 0.25) is 0 Å². The van der Waals surface area contributed by atoms with Crippen molar-refractivity contribution in [1.29, 1.82) is 0 Å². The van der Waals surface area contributed by atoms with Gasteiger partial charge < -0.3 is 14.2 Å². The van der Waals surface area contributed by atoms with Gasteiger partial charge in [0.1, 0.15) is 5.78 Å². The highest BCUT2D eigenvalue weighted by molar-refractivity contribution is 5.87. The van der Waals surface area contributed by atoms with E-state index in [0.717, 1.165) is 0 Å². The summed E-state index contributed by atoms with van der Waals surface area (Å²) in [5, 5.41) is 0. The Hall–Kier alpha value is -2.25. The number of hydrogen-bond acceptors (Lipinski definition) is 8. The summed E-state index contributed by atoms with van der Waals surface area (Å²) < 4.78 is 13.3. The van der Waals surface area contributed by atoms with E-state index in [2.05, 4.69) is 9.47 Å². The molecule has 0 unspecified atom stereocenters. The van der Waals surface area contributed by atoms with Crippen LogP contribution >= 0.6 is 0 Å². The number of ether oxygens (including phenoxy) is 3. The molecule has 0 radical (unpaired) electrons. The molecule has 0 aliphatic carbocycles. The highest BCUT2D eigenvalue weighted by Crippen LogP contribution is 2.15. The van der Waals surface area contributed by atoms with Gasteiger partial charge in [-0.1, -0.05) is 0 Å². The van der Waals surface area contributed by atoms with Gasteiger partial charge in [0, 0.05) is 20.3 Å². The summed E-state index contributed by atoms with van der Waals surface area (Å²) >= 11 is 0. The average molecular weight is 390 g/mol. The number of hydrogen-bond donors (Lipinski definition) is 0. The maximum absolute atomic E-state index is 11.1. The van der Waals surface area contributed by atoms with Crippen molar-refractivity contribution in [2.75, 3.05) is 13.7 Å². The fourth-order valence-corrected chi connectivity index (χ4v) is 0.788. The monoisotopic (exact) mass is 390 g/mol. The first-order valence-electron chi connectivity index (χ1n) is 8.39. The van der Waals surface area contributed by atoms with E-state index in [1.165, 1.54) is 27.9 Å². The van der Waals surface area contributed by atoms with Gasteiger partial charge in [-0.3, -0.25) is 24.0 Å². The molecule has 0 bridgehead atoms. The fraction of sp³-hybridized carbons (Fsp3) is 0.737. The highest BCUT2D eigenvalue weighted by Gasteiger charge is 2.24.